The molecule has 2 aromatic rings. The van der Waals surface area contributed by atoms with Crippen molar-refractivity contribution in [3.8, 4) is 17.7 Å². The largest absolute Gasteiger partial charge is 0.439 e. The SMILES string of the molecule is N#Cc1cccc(Oc2ccnc(NCCN3CC4CC4C3)n2)c1. The Morgan fingerprint density at radius 1 is 1.29 bits per heavy atom. The van der Waals surface area contributed by atoms with Crippen molar-refractivity contribution in [2.24, 2.45) is 11.8 Å². The number of hydrogen-bond donors (Lipinski definition) is 1. The van der Waals surface area contributed by atoms with Crippen LogP contribution in [-0.4, -0.2) is 41.0 Å². The van der Waals surface area contributed by atoms with E-state index in [4.69, 9.17) is 10.00 Å². The van der Waals surface area contributed by atoms with E-state index in [1.165, 1.54) is 19.5 Å². The normalized spacial score (nSPS) is 21.8. The van der Waals surface area contributed by atoms with Crippen molar-refractivity contribution in [2.75, 3.05) is 31.5 Å². The Bertz CT molecular complexity index is 762. The molecule has 0 spiro atoms. The molecule has 0 radical (unpaired) electrons. The maximum atomic E-state index is 8.93. The van der Waals surface area contributed by atoms with Crippen molar-refractivity contribution < 1.29 is 4.74 Å². The number of aromatic nitrogens is 2. The average Bonchev–Trinajstić information content (AvgIpc) is 3.22. The van der Waals surface area contributed by atoms with Crippen LogP contribution in [0.3, 0.4) is 0 Å². The summed E-state index contributed by atoms with van der Waals surface area (Å²) in [5.74, 6) is 3.54. The number of benzene rings is 1. The Hall–Kier alpha value is -2.65. The maximum absolute atomic E-state index is 8.93. The lowest BCUT2D eigenvalue weighted by Crippen LogP contribution is -2.28. The lowest BCUT2D eigenvalue weighted by atomic mass is 10.2. The van der Waals surface area contributed by atoms with Crippen molar-refractivity contribution in [3.63, 3.8) is 0 Å². The van der Waals surface area contributed by atoms with Gasteiger partial charge in [0.2, 0.25) is 11.8 Å². The standard InChI is InChI=1S/C18H19N5O/c19-10-13-2-1-3-16(8-13)24-17-4-5-20-18(22-17)21-6-7-23-11-14-9-15(14)12-23/h1-5,8,14-15H,6-7,9,11-12H2,(H,20,21,22). The van der Waals surface area contributed by atoms with Gasteiger partial charge in [0.05, 0.1) is 11.6 Å². The van der Waals surface area contributed by atoms with Crippen LogP contribution in [0.1, 0.15) is 12.0 Å². The molecule has 1 saturated carbocycles. The van der Waals surface area contributed by atoms with Crippen LogP contribution in [0.25, 0.3) is 0 Å². The van der Waals surface area contributed by atoms with E-state index in [9.17, 15) is 0 Å². The highest BCUT2D eigenvalue weighted by atomic mass is 16.5. The van der Waals surface area contributed by atoms with Crippen molar-refractivity contribution in [2.45, 2.75) is 6.42 Å². The molecule has 1 aromatic heterocycles. The van der Waals surface area contributed by atoms with Crippen LogP contribution < -0.4 is 10.1 Å². The molecule has 24 heavy (non-hydrogen) atoms. The number of ether oxygens (including phenoxy) is 1. The Labute approximate surface area is 141 Å². The van der Waals surface area contributed by atoms with Crippen molar-refractivity contribution in [1.29, 1.82) is 5.26 Å². The van der Waals surface area contributed by atoms with Gasteiger partial charge >= 0.3 is 0 Å². The molecule has 2 aliphatic rings. The van der Waals surface area contributed by atoms with Crippen LogP contribution in [0.15, 0.2) is 36.5 Å². The van der Waals surface area contributed by atoms with Crippen molar-refractivity contribution in [1.82, 2.24) is 14.9 Å². The monoisotopic (exact) mass is 321 g/mol. The van der Waals surface area contributed by atoms with Crippen LogP contribution >= 0.6 is 0 Å². The Kier molecular flexibility index (Phi) is 4.01. The molecule has 6 heteroatoms. The number of nitrogens with one attached hydrogen (secondary N) is 1. The zero-order valence-corrected chi connectivity index (χ0v) is 13.4. The molecule has 6 nitrogen and oxygen atoms in total. The summed E-state index contributed by atoms with van der Waals surface area (Å²) in [5, 5.41) is 12.2. The molecule has 2 heterocycles. The average molecular weight is 321 g/mol. The van der Waals surface area contributed by atoms with Crippen LogP contribution in [0.4, 0.5) is 5.95 Å². The summed E-state index contributed by atoms with van der Waals surface area (Å²) < 4.78 is 5.71. The first-order valence-corrected chi connectivity index (χ1v) is 8.27. The van der Waals surface area contributed by atoms with E-state index in [-0.39, 0.29) is 0 Å². The topological polar surface area (TPSA) is 74.1 Å². The predicted octanol–water partition coefficient (Wildman–Crippen LogP) is 2.50. The lowest BCUT2D eigenvalue weighted by molar-refractivity contribution is 0.316. The summed E-state index contributed by atoms with van der Waals surface area (Å²) in [7, 11) is 0. The van der Waals surface area contributed by atoms with Gasteiger partial charge < -0.3 is 15.0 Å². The number of nitriles is 1. The van der Waals surface area contributed by atoms with Gasteiger partial charge in [0.1, 0.15) is 5.75 Å². The first kappa shape index (κ1) is 14.9. The Balaban J connectivity index is 1.32. The second-order valence-corrected chi connectivity index (χ2v) is 6.40. The fourth-order valence-corrected chi connectivity index (χ4v) is 3.24. The van der Waals surface area contributed by atoms with Gasteiger partial charge in [-0.1, -0.05) is 6.07 Å². The summed E-state index contributed by atoms with van der Waals surface area (Å²) in [6.07, 6.45) is 3.10. The summed E-state index contributed by atoms with van der Waals surface area (Å²) in [5.41, 5.74) is 0.559. The first-order chi connectivity index (χ1) is 11.8. The molecule has 2 atom stereocenters. The predicted molar refractivity (Wildman–Crippen MR) is 89.8 cm³/mol. The molecule has 2 fully saturated rings. The van der Waals surface area contributed by atoms with Gasteiger partial charge in [0.25, 0.3) is 0 Å². The number of fused-ring (bicyclic) bond motifs is 1. The smallest absolute Gasteiger partial charge is 0.226 e. The van der Waals surface area contributed by atoms with Crippen LogP contribution in [0, 0.1) is 23.2 Å². The molecule has 122 valence electrons. The summed E-state index contributed by atoms with van der Waals surface area (Å²) in [6.45, 7) is 4.33. The zero-order valence-electron chi connectivity index (χ0n) is 13.4. The van der Waals surface area contributed by atoms with E-state index in [1.54, 1.807) is 36.5 Å². The number of piperidine rings is 1. The van der Waals surface area contributed by atoms with Crippen molar-refractivity contribution in [3.05, 3.63) is 42.1 Å². The van der Waals surface area contributed by atoms with Crippen LogP contribution in [-0.2, 0) is 0 Å². The van der Waals surface area contributed by atoms with E-state index in [1.807, 2.05) is 0 Å². The minimum absolute atomic E-state index is 0.463. The summed E-state index contributed by atoms with van der Waals surface area (Å²) in [6, 6.07) is 10.8. The van der Waals surface area contributed by atoms with E-state index < -0.39 is 0 Å². The quantitative estimate of drug-likeness (QED) is 0.881. The van der Waals surface area contributed by atoms with Gasteiger partial charge in [-0.05, 0) is 36.5 Å². The third-order valence-electron chi connectivity index (χ3n) is 4.58. The van der Waals surface area contributed by atoms with E-state index >= 15 is 0 Å². The second-order valence-electron chi connectivity index (χ2n) is 6.40. The molecule has 2 unspecified atom stereocenters. The molecule has 1 aliphatic heterocycles. The number of likely N-dealkylation sites (tertiary alicyclic amines) is 1. The van der Waals surface area contributed by atoms with Gasteiger partial charge in [0.15, 0.2) is 0 Å². The van der Waals surface area contributed by atoms with Crippen LogP contribution in [0.5, 0.6) is 11.6 Å². The first-order valence-electron chi connectivity index (χ1n) is 8.27. The van der Waals surface area contributed by atoms with E-state index in [2.05, 4.69) is 26.3 Å². The van der Waals surface area contributed by atoms with Crippen molar-refractivity contribution >= 4 is 5.95 Å². The van der Waals surface area contributed by atoms with E-state index in [0.29, 0.717) is 23.1 Å². The number of anilines is 1. The molecular weight excluding hydrogens is 302 g/mol. The molecule has 1 saturated heterocycles. The van der Waals surface area contributed by atoms with Gasteiger partial charge in [0, 0.05) is 38.4 Å². The second kappa shape index (κ2) is 6.46. The number of hydrogen-bond acceptors (Lipinski definition) is 6. The zero-order chi connectivity index (χ0) is 16.4. The Morgan fingerprint density at radius 3 is 3.00 bits per heavy atom. The van der Waals surface area contributed by atoms with Gasteiger partial charge in [-0.25, -0.2) is 4.98 Å². The summed E-state index contributed by atoms with van der Waals surface area (Å²) in [4.78, 5) is 11.1. The fourth-order valence-electron chi connectivity index (χ4n) is 3.24. The molecule has 1 aromatic carbocycles. The highest BCUT2D eigenvalue weighted by Crippen LogP contribution is 2.44. The molecular formula is C18H19N5O. The van der Waals surface area contributed by atoms with Crippen LogP contribution in [0.2, 0.25) is 0 Å². The third-order valence-corrected chi connectivity index (χ3v) is 4.58. The molecule has 0 bridgehead atoms. The fraction of sp³-hybridized carbons (Fsp3) is 0.389. The minimum atomic E-state index is 0.463. The molecule has 1 N–H and O–H groups in total. The molecule has 0 amide bonds. The number of rotatable bonds is 6. The van der Waals surface area contributed by atoms with Gasteiger partial charge in [-0.2, -0.15) is 10.2 Å². The third kappa shape index (κ3) is 3.47. The Morgan fingerprint density at radius 2 is 2.17 bits per heavy atom. The highest BCUT2D eigenvalue weighted by molar-refractivity contribution is 5.38. The molecule has 4 rings (SSSR count). The molecule has 1 aliphatic carbocycles. The van der Waals surface area contributed by atoms with Gasteiger partial charge in [-0.3, -0.25) is 0 Å². The number of nitrogens with zero attached hydrogens (tertiary/aromatic N) is 4. The maximum Gasteiger partial charge on any atom is 0.226 e. The van der Waals surface area contributed by atoms with E-state index in [0.717, 1.165) is 24.9 Å². The minimum Gasteiger partial charge on any atom is -0.439 e. The lowest BCUT2D eigenvalue weighted by Gasteiger charge is -2.17. The highest BCUT2D eigenvalue weighted by Gasteiger charge is 2.44. The van der Waals surface area contributed by atoms with Gasteiger partial charge in [-0.15, -0.1) is 0 Å². The summed E-state index contributed by atoms with van der Waals surface area (Å²) >= 11 is 0.